The molecule has 0 fully saturated rings. The van der Waals surface area contributed by atoms with Crippen LogP contribution >= 0.6 is 27.5 Å². The second-order valence-electron chi connectivity index (χ2n) is 7.40. The van der Waals surface area contributed by atoms with E-state index in [-0.39, 0.29) is 5.92 Å². The van der Waals surface area contributed by atoms with Gasteiger partial charge in [-0.2, -0.15) is 0 Å². The molecule has 2 nitrogen and oxygen atoms in total. The van der Waals surface area contributed by atoms with E-state index in [1.54, 1.807) is 7.11 Å². The Morgan fingerprint density at radius 1 is 1.00 bits per heavy atom. The summed E-state index contributed by atoms with van der Waals surface area (Å²) in [4.78, 5) is 0. The van der Waals surface area contributed by atoms with Crippen LogP contribution in [0.2, 0.25) is 5.02 Å². The third-order valence-electron chi connectivity index (χ3n) is 5.58. The third-order valence-corrected chi connectivity index (χ3v) is 6.60. The molecule has 0 saturated heterocycles. The zero-order valence-electron chi connectivity index (χ0n) is 16.1. The number of benzene rings is 3. The van der Waals surface area contributed by atoms with Gasteiger partial charge in [0.2, 0.25) is 0 Å². The summed E-state index contributed by atoms with van der Waals surface area (Å²) >= 11 is 10.2. The molecule has 0 saturated carbocycles. The molecule has 3 aromatic carbocycles. The van der Waals surface area contributed by atoms with Gasteiger partial charge in [-0.1, -0.05) is 82.1 Å². The monoisotopic (exact) mass is 468 g/mol. The molecule has 1 N–H and O–H groups in total. The van der Waals surface area contributed by atoms with Gasteiger partial charge in [0.15, 0.2) is 0 Å². The van der Waals surface area contributed by atoms with Gasteiger partial charge in [-0.25, -0.2) is 0 Å². The summed E-state index contributed by atoms with van der Waals surface area (Å²) in [6.07, 6.45) is 3.31. The van der Waals surface area contributed by atoms with E-state index in [4.69, 9.17) is 16.3 Å². The molecule has 0 amide bonds. The number of aliphatic hydroxyl groups is 1. The molecule has 0 heterocycles. The molecular weight excluding hydrogens is 448 g/mol. The van der Waals surface area contributed by atoms with Crippen LogP contribution in [0.1, 0.15) is 35.4 Å². The van der Waals surface area contributed by atoms with Crippen LogP contribution in [0.4, 0.5) is 0 Å². The van der Waals surface area contributed by atoms with Crippen LogP contribution in [0.3, 0.4) is 0 Å². The number of allylic oxidation sites excluding steroid dienone is 1. The van der Waals surface area contributed by atoms with Crippen LogP contribution in [-0.2, 0) is 5.60 Å². The number of hydrogen-bond donors (Lipinski definition) is 1. The number of hydrogen-bond acceptors (Lipinski definition) is 2. The van der Waals surface area contributed by atoms with Gasteiger partial charge in [0, 0.05) is 15.1 Å². The number of methoxy groups -OCH3 is 1. The van der Waals surface area contributed by atoms with Crippen LogP contribution in [0.15, 0.2) is 83.3 Å². The maximum Gasteiger partial charge on any atom is 0.122 e. The van der Waals surface area contributed by atoms with Crippen LogP contribution in [0.25, 0.3) is 5.57 Å². The molecule has 148 valence electrons. The lowest BCUT2D eigenvalue weighted by Gasteiger charge is -2.37. The maximum atomic E-state index is 11.8. The molecule has 29 heavy (non-hydrogen) atoms. The highest BCUT2D eigenvalue weighted by Crippen LogP contribution is 2.49. The standard InChI is InChI=1S/C25H22BrClO2/c1-29-24-13-7-3-9-20(24)18-14-17(19-8-2-5-11-22(19)26)15-25(28,16-18)21-10-4-6-12-23(21)27/h2-13,15,18,28H,14,16H2,1H3. The van der Waals surface area contributed by atoms with Gasteiger partial charge in [-0.3, -0.25) is 0 Å². The van der Waals surface area contributed by atoms with E-state index in [0.29, 0.717) is 11.4 Å². The fourth-order valence-electron chi connectivity index (χ4n) is 4.25. The van der Waals surface area contributed by atoms with E-state index in [2.05, 4.69) is 28.1 Å². The highest BCUT2D eigenvalue weighted by molar-refractivity contribution is 9.10. The second-order valence-corrected chi connectivity index (χ2v) is 8.66. The van der Waals surface area contributed by atoms with E-state index in [1.165, 1.54) is 0 Å². The predicted octanol–water partition coefficient (Wildman–Crippen LogP) is 6.96. The van der Waals surface area contributed by atoms with Crippen LogP contribution < -0.4 is 4.74 Å². The molecule has 0 aromatic heterocycles. The van der Waals surface area contributed by atoms with Gasteiger partial charge >= 0.3 is 0 Å². The van der Waals surface area contributed by atoms with Gasteiger partial charge in [-0.05, 0) is 59.7 Å². The number of para-hydroxylation sites is 1. The van der Waals surface area contributed by atoms with E-state index in [0.717, 1.165) is 38.9 Å². The molecule has 4 rings (SSSR count). The van der Waals surface area contributed by atoms with Crippen molar-refractivity contribution in [2.24, 2.45) is 0 Å². The van der Waals surface area contributed by atoms with Gasteiger partial charge in [0.05, 0.1) is 7.11 Å². The lowest BCUT2D eigenvalue weighted by Crippen LogP contribution is -2.30. The fourth-order valence-corrected chi connectivity index (χ4v) is 5.09. The van der Waals surface area contributed by atoms with E-state index >= 15 is 0 Å². The number of ether oxygens (including phenoxy) is 1. The minimum atomic E-state index is -1.17. The quantitative estimate of drug-likeness (QED) is 0.447. The highest BCUT2D eigenvalue weighted by atomic mass is 79.9. The Hall–Kier alpha value is -2.07. The van der Waals surface area contributed by atoms with Crippen molar-refractivity contribution in [3.05, 3.63) is 105 Å². The Morgan fingerprint density at radius 2 is 1.69 bits per heavy atom. The molecule has 0 aliphatic heterocycles. The van der Waals surface area contributed by atoms with Crippen LogP contribution in [0.5, 0.6) is 5.75 Å². The molecule has 1 aliphatic rings. The molecule has 0 radical (unpaired) electrons. The summed E-state index contributed by atoms with van der Waals surface area (Å²) < 4.78 is 6.63. The van der Waals surface area contributed by atoms with Gasteiger partial charge < -0.3 is 9.84 Å². The van der Waals surface area contributed by atoms with Crippen LogP contribution in [0, 0.1) is 0 Å². The summed E-state index contributed by atoms with van der Waals surface area (Å²) in [6, 6.07) is 23.7. The first-order chi connectivity index (χ1) is 14.0. The van der Waals surface area contributed by atoms with Crippen molar-refractivity contribution >= 4 is 33.1 Å². The number of rotatable bonds is 4. The largest absolute Gasteiger partial charge is 0.496 e. The molecule has 3 aromatic rings. The first-order valence-electron chi connectivity index (χ1n) is 9.59. The molecule has 0 spiro atoms. The summed E-state index contributed by atoms with van der Waals surface area (Å²) in [5, 5.41) is 12.4. The van der Waals surface area contributed by atoms with Crippen molar-refractivity contribution in [1.82, 2.24) is 0 Å². The van der Waals surface area contributed by atoms with Crippen molar-refractivity contribution in [3.63, 3.8) is 0 Å². The molecule has 2 unspecified atom stereocenters. The SMILES string of the molecule is COc1ccccc1C1CC(c2ccccc2Br)=CC(O)(c2ccccc2Cl)C1. The zero-order valence-corrected chi connectivity index (χ0v) is 18.5. The van der Waals surface area contributed by atoms with Crippen molar-refractivity contribution < 1.29 is 9.84 Å². The lowest BCUT2D eigenvalue weighted by atomic mass is 9.72. The Morgan fingerprint density at radius 3 is 2.45 bits per heavy atom. The molecule has 0 bridgehead atoms. The van der Waals surface area contributed by atoms with Crippen molar-refractivity contribution in [3.8, 4) is 5.75 Å². The van der Waals surface area contributed by atoms with Crippen molar-refractivity contribution in [1.29, 1.82) is 0 Å². The average Bonchev–Trinajstić information content (AvgIpc) is 2.74. The Bertz CT molecular complexity index is 1060. The summed E-state index contributed by atoms with van der Waals surface area (Å²) in [5.41, 5.74) is 2.82. The van der Waals surface area contributed by atoms with Crippen molar-refractivity contribution in [2.75, 3.05) is 7.11 Å². The van der Waals surface area contributed by atoms with Gasteiger partial charge in [0.1, 0.15) is 11.4 Å². The van der Waals surface area contributed by atoms with Gasteiger partial charge in [0.25, 0.3) is 0 Å². The van der Waals surface area contributed by atoms with Gasteiger partial charge in [-0.15, -0.1) is 0 Å². The molecule has 4 heteroatoms. The normalized spacial score (nSPS) is 21.5. The lowest BCUT2D eigenvalue weighted by molar-refractivity contribution is 0.0670. The molecule has 1 aliphatic carbocycles. The zero-order chi connectivity index (χ0) is 20.4. The predicted molar refractivity (Wildman–Crippen MR) is 122 cm³/mol. The maximum absolute atomic E-state index is 11.8. The Labute approximate surface area is 184 Å². The van der Waals surface area contributed by atoms with Crippen LogP contribution in [-0.4, -0.2) is 12.2 Å². The number of halogens is 2. The van der Waals surface area contributed by atoms with E-state index < -0.39 is 5.60 Å². The minimum absolute atomic E-state index is 0.0829. The fraction of sp³-hybridized carbons (Fsp3) is 0.200. The first kappa shape index (κ1) is 20.2. The minimum Gasteiger partial charge on any atom is -0.496 e. The third kappa shape index (κ3) is 4.00. The summed E-state index contributed by atoms with van der Waals surface area (Å²) in [7, 11) is 1.69. The van der Waals surface area contributed by atoms with Crippen molar-refractivity contribution in [2.45, 2.75) is 24.4 Å². The molecular formula is C25H22BrClO2. The first-order valence-corrected chi connectivity index (χ1v) is 10.8. The highest BCUT2D eigenvalue weighted by Gasteiger charge is 2.38. The summed E-state index contributed by atoms with van der Waals surface area (Å²) in [6.45, 7) is 0. The smallest absolute Gasteiger partial charge is 0.122 e. The summed E-state index contributed by atoms with van der Waals surface area (Å²) in [5.74, 6) is 0.923. The van der Waals surface area contributed by atoms with E-state index in [9.17, 15) is 5.11 Å². The average molecular weight is 470 g/mol. The Balaban J connectivity index is 1.87. The Kier molecular flexibility index (Phi) is 5.82. The topological polar surface area (TPSA) is 29.5 Å². The molecule has 2 atom stereocenters. The van der Waals surface area contributed by atoms with E-state index in [1.807, 2.05) is 66.7 Å². The second kappa shape index (κ2) is 8.35.